The summed E-state index contributed by atoms with van der Waals surface area (Å²) >= 11 is 0. The van der Waals surface area contributed by atoms with Crippen molar-refractivity contribution in [3.63, 3.8) is 0 Å². The summed E-state index contributed by atoms with van der Waals surface area (Å²) in [6.45, 7) is 3.68. The van der Waals surface area contributed by atoms with Crippen LogP contribution in [0.5, 0.6) is 5.75 Å². The number of nitrogens with zero attached hydrogens (tertiary/aromatic N) is 1. The minimum absolute atomic E-state index is 0.0558. The van der Waals surface area contributed by atoms with Crippen LogP contribution in [-0.2, 0) is 10.2 Å². The summed E-state index contributed by atoms with van der Waals surface area (Å²) < 4.78 is 26.4. The number of anilines is 1. The Balaban J connectivity index is 2.23. The summed E-state index contributed by atoms with van der Waals surface area (Å²) in [7, 11) is -3.94. The Morgan fingerprint density at radius 1 is 1.14 bits per heavy atom. The molecular formula is C14H12N2O4S. The lowest BCUT2D eigenvalue weighted by atomic mass is 10.1. The summed E-state index contributed by atoms with van der Waals surface area (Å²) in [6.07, 6.45) is 2.67. The normalized spacial score (nSPS) is 16.6. The van der Waals surface area contributed by atoms with E-state index in [1.807, 2.05) is 16.9 Å². The van der Waals surface area contributed by atoms with Gasteiger partial charge >= 0.3 is 10.2 Å². The van der Waals surface area contributed by atoms with Crippen molar-refractivity contribution < 1.29 is 18.6 Å². The Labute approximate surface area is 121 Å². The average molecular weight is 304 g/mol. The summed E-state index contributed by atoms with van der Waals surface area (Å²) in [4.78, 5) is 0. The molecule has 1 aliphatic rings. The first kappa shape index (κ1) is 13.3. The number of aromatic hydroxyl groups is 1. The van der Waals surface area contributed by atoms with Gasteiger partial charge in [0.2, 0.25) is 5.88 Å². The third-order valence-electron chi connectivity index (χ3n) is 3.16. The van der Waals surface area contributed by atoms with Crippen molar-refractivity contribution in [3.8, 4) is 5.75 Å². The molecule has 3 N–H and O–H groups in total. The zero-order valence-electron chi connectivity index (χ0n) is 10.8. The fourth-order valence-corrected chi connectivity index (χ4v) is 3.24. The van der Waals surface area contributed by atoms with Crippen molar-refractivity contribution in [2.24, 2.45) is 0 Å². The summed E-state index contributed by atoms with van der Waals surface area (Å²) in [6, 6.07) is 8.47. The van der Waals surface area contributed by atoms with Crippen LogP contribution in [0, 0.1) is 0 Å². The molecule has 21 heavy (non-hydrogen) atoms. The van der Waals surface area contributed by atoms with Gasteiger partial charge in [-0.05, 0) is 34.5 Å². The number of benzene rings is 2. The highest BCUT2D eigenvalue weighted by Gasteiger charge is 2.30. The maximum atomic E-state index is 11.9. The molecule has 0 saturated heterocycles. The van der Waals surface area contributed by atoms with Crippen LogP contribution in [0.4, 0.5) is 5.69 Å². The van der Waals surface area contributed by atoms with Crippen LogP contribution in [-0.4, -0.2) is 18.6 Å². The lowest BCUT2D eigenvalue weighted by Gasteiger charge is -2.16. The van der Waals surface area contributed by atoms with Gasteiger partial charge in [0.25, 0.3) is 0 Å². The molecule has 0 unspecified atom stereocenters. The predicted octanol–water partition coefficient (Wildman–Crippen LogP) is 2.20. The van der Waals surface area contributed by atoms with Gasteiger partial charge in [-0.25, -0.2) is 9.03 Å². The molecule has 2 aromatic carbocycles. The molecule has 0 aliphatic carbocycles. The topological polar surface area (TPSA) is 89.9 Å². The summed E-state index contributed by atoms with van der Waals surface area (Å²) in [5.74, 6) is -0.709. The van der Waals surface area contributed by atoms with E-state index in [1.165, 1.54) is 12.1 Å². The molecule has 0 aromatic heterocycles. The summed E-state index contributed by atoms with van der Waals surface area (Å²) in [5, 5.41) is 20.9. The molecule has 1 aliphatic heterocycles. The second kappa shape index (κ2) is 4.42. The Morgan fingerprint density at radius 2 is 1.90 bits per heavy atom. The van der Waals surface area contributed by atoms with E-state index in [0.717, 1.165) is 26.8 Å². The van der Waals surface area contributed by atoms with Crippen LogP contribution in [0.1, 0.15) is 5.56 Å². The van der Waals surface area contributed by atoms with Gasteiger partial charge in [0.1, 0.15) is 11.4 Å². The number of nitrogens with one attached hydrogen (secondary N) is 1. The highest BCUT2D eigenvalue weighted by Crippen LogP contribution is 2.35. The minimum Gasteiger partial charge on any atom is -0.506 e. The number of hydrogen-bond donors (Lipinski definition) is 3. The standard InChI is InChI=1S/C14H12N2O4S/c1-2-9-3-4-10-7-13(17)12(6-11(10)5-9)16-8-14(18)15-21(16,19)20/h2-8,15,17-18H,1H2. The number of rotatable bonds is 2. The molecule has 0 fully saturated rings. The number of aliphatic hydroxyl groups excluding tert-OH is 1. The van der Waals surface area contributed by atoms with E-state index < -0.39 is 16.1 Å². The monoisotopic (exact) mass is 304 g/mol. The van der Waals surface area contributed by atoms with E-state index >= 15 is 0 Å². The van der Waals surface area contributed by atoms with Gasteiger partial charge in [-0.2, -0.15) is 8.42 Å². The van der Waals surface area contributed by atoms with Crippen molar-refractivity contribution in [1.82, 2.24) is 4.72 Å². The van der Waals surface area contributed by atoms with Gasteiger partial charge in [0, 0.05) is 0 Å². The second-order valence-corrected chi connectivity index (χ2v) is 6.12. The fraction of sp³-hybridized carbons (Fsp3) is 0. The van der Waals surface area contributed by atoms with Gasteiger partial charge < -0.3 is 10.2 Å². The van der Waals surface area contributed by atoms with E-state index in [1.54, 1.807) is 12.1 Å². The minimum atomic E-state index is -3.94. The fourth-order valence-electron chi connectivity index (χ4n) is 2.18. The smallest absolute Gasteiger partial charge is 0.330 e. The quantitative estimate of drug-likeness (QED) is 0.793. The Hall–Kier alpha value is -2.67. The van der Waals surface area contributed by atoms with Gasteiger partial charge in [-0.3, -0.25) is 0 Å². The molecule has 0 atom stereocenters. The van der Waals surface area contributed by atoms with Gasteiger partial charge in [0.05, 0.1) is 6.20 Å². The predicted molar refractivity (Wildman–Crippen MR) is 81.0 cm³/mol. The summed E-state index contributed by atoms with van der Waals surface area (Å²) in [5.41, 5.74) is 0.931. The second-order valence-electron chi connectivity index (χ2n) is 4.57. The van der Waals surface area contributed by atoms with Crippen LogP contribution in [0.25, 0.3) is 16.8 Å². The first-order valence-electron chi connectivity index (χ1n) is 6.03. The highest BCUT2D eigenvalue weighted by molar-refractivity contribution is 7.91. The third-order valence-corrected chi connectivity index (χ3v) is 4.45. The maximum Gasteiger partial charge on any atom is 0.330 e. The molecule has 0 bridgehead atoms. The van der Waals surface area contributed by atoms with Crippen molar-refractivity contribution in [3.05, 3.63) is 54.6 Å². The number of aliphatic hydroxyl groups is 1. The SMILES string of the molecule is C=Cc1ccc2cc(O)c(N3C=C(O)NS3(=O)=O)cc2c1. The molecule has 0 amide bonds. The van der Waals surface area contributed by atoms with E-state index in [-0.39, 0.29) is 11.4 Å². The third kappa shape index (κ3) is 2.17. The number of phenolic OH excluding ortho intramolecular Hbond substituents is 1. The largest absolute Gasteiger partial charge is 0.506 e. The molecule has 0 saturated carbocycles. The van der Waals surface area contributed by atoms with E-state index in [0.29, 0.717) is 0 Å². The molecule has 2 aromatic rings. The number of hydrogen-bond acceptors (Lipinski definition) is 4. The van der Waals surface area contributed by atoms with Crippen molar-refractivity contribution in [1.29, 1.82) is 0 Å². The molecule has 0 radical (unpaired) electrons. The van der Waals surface area contributed by atoms with Crippen LogP contribution in [0.15, 0.2) is 49.0 Å². The zero-order chi connectivity index (χ0) is 15.2. The van der Waals surface area contributed by atoms with Crippen LogP contribution < -0.4 is 9.03 Å². The first-order valence-corrected chi connectivity index (χ1v) is 7.47. The average Bonchev–Trinajstić information content (AvgIpc) is 2.70. The molecule has 108 valence electrons. The van der Waals surface area contributed by atoms with Crippen molar-refractivity contribution in [2.45, 2.75) is 0 Å². The van der Waals surface area contributed by atoms with Crippen LogP contribution in [0.2, 0.25) is 0 Å². The van der Waals surface area contributed by atoms with Crippen LogP contribution >= 0.6 is 0 Å². The lowest BCUT2D eigenvalue weighted by molar-refractivity contribution is 0.392. The lowest BCUT2D eigenvalue weighted by Crippen LogP contribution is -2.29. The maximum absolute atomic E-state index is 11.9. The van der Waals surface area contributed by atoms with E-state index in [9.17, 15) is 18.6 Å². The molecular weight excluding hydrogens is 292 g/mol. The first-order chi connectivity index (χ1) is 9.90. The van der Waals surface area contributed by atoms with Crippen LogP contribution in [0.3, 0.4) is 0 Å². The number of fused-ring (bicyclic) bond motifs is 1. The molecule has 0 spiro atoms. The Bertz CT molecular complexity index is 887. The Morgan fingerprint density at radius 3 is 2.52 bits per heavy atom. The molecule has 6 nitrogen and oxygen atoms in total. The zero-order valence-corrected chi connectivity index (χ0v) is 11.6. The molecule has 7 heteroatoms. The van der Waals surface area contributed by atoms with Gasteiger partial charge in [-0.15, -0.1) is 0 Å². The Kier molecular flexibility index (Phi) is 2.80. The number of phenols is 1. The van der Waals surface area contributed by atoms with Gasteiger partial charge in [-0.1, -0.05) is 24.8 Å². The van der Waals surface area contributed by atoms with Gasteiger partial charge in [0.15, 0.2) is 0 Å². The van der Waals surface area contributed by atoms with Crippen molar-refractivity contribution in [2.75, 3.05) is 4.31 Å². The van der Waals surface area contributed by atoms with E-state index in [4.69, 9.17) is 0 Å². The van der Waals surface area contributed by atoms with Crippen molar-refractivity contribution >= 4 is 32.7 Å². The highest BCUT2D eigenvalue weighted by atomic mass is 32.2. The molecule has 3 rings (SSSR count). The van der Waals surface area contributed by atoms with E-state index in [2.05, 4.69) is 6.58 Å². The molecule has 1 heterocycles.